The number of hydrogen-bond acceptors (Lipinski definition) is 3. The molecule has 0 spiro atoms. The lowest BCUT2D eigenvalue weighted by atomic mass is 9.87. The fourth-order valence-electron chi connectivity index (χ4n) is 2.97. The van der Waals surface area contributed by atoms with Crippen LogP contribution in [0.4, 0.5) is 0 Å². The van der Waals surface area contributed by atoms with Crippen molar-refractivity contribution in [2.24, 2.45) is 0 Å². The van der Waals surface area contributed by atoms with E-state index in [4.69, 9.17) is 16.3 Å². The number of benzene rings is 2. The lowest BCUT2D eigenvalue weighted by Crippen LogP contribution is -2.20. The number of para-hydroxylation sites is 1. The molecule has 1 atom stereocenters. The van der Waals surface area contributed by atoms with E-state index in [1.165, 1.54) is 0 Å². The summed E-state index contributed by atoms with van der Waals surface area (Å²) in [5, 5.41) is 1.65. The Balaban J connectivity index is 2.01. The molecule has 0 radical (unpaired) electrons. The Morgan fingerprint density at radius 1 is 1.12 bits per heavy atom. The Bertz CT molecular complexity index is 899. The molecule has 0 fully saturated rings. The minimum Gasteiger partial charge on any atom is -0.460 e. The first-order valence-corrected chi connectivity index (χ1v) is 8.49. The Hall–Kier alpha value is -2.59. The molecule has 1 heterocycles. The van der Waals surface area contributed by atoms with Gasteiger partial charge in [0.25, 0.3) is 0 Å². The molecule has 3 aromatic rings. The molecule has 25 heavy (non-hydrogen) atoms. The first-order chi connectivity index (χ1) is 12.1. The molecule has 0 saturated heterocycles. The van der Waals surface area contributed by atoms with Gasteiger partial charge in [0.2, 0.25) is 5.78 Å². The summed E-state index contributed by atoms with van der Waals surface area (Å²) in [5.41, 5.74) is 2.88. The van der Waals surface area contributed by atoms with Gasteiger partial charge in [0.1, 0.15) is 0 Å². The van der Waals surface area contributed by atoms with Crippen LogP contribution in [-0.2, 0) is 14.3 Å². The quantitative estimate of drug-likeness (QED) is 0.524. The van der Waals surface area contributed by atoms with E-state index in [2.05, 4.69) is 4.98 Å². The number of H-pyrrole nitrogens is 1. The Kier molecular flexibility index (Phi) is 5.19. The molecule has 0 aliphatic carbocycles. The minimum absolute atomic E-state index is 0.0440. The van der Waals surface area contributed by atoms with Gasteiger partial charge in [-0.25, -0.2) is 4.79 Å². The largest absolute Gasteiger partial charge is 0.460 e. The molecular weight excluding hydrogens is 338 g/mol. The second kappa shape index (κ2) is 7.53. The van der Waals surface area contributed by atoms with E-state index in [-0.39, 0.29) is 18.9 Å². The maximum atomic E-state index is 12.3. The Morgan fingerprint density at radius 3 is 2.56 bits per heavy atom. The number of fused-ring (bicyclic) bond motifs is 1. The number of carbonyl (C=O) groups is 2. The third-order valence-electron chi connectivity index (χ3n) is 4.16. The van der Waals surface area contributed by atoms with Gasteiger partial charge >= 0.3 is 5.97 Å². The van der Waals surface area contributed by atoms with E-state index in [0.29, 0.717) is 5.02 Å². The number of Topliss-reactive ketones (excluding diaryl/α,β-unsaturated/α-hetero) is 1. The third-order valence-corrected chi connectivity index (χ3v) is 4.41. The standard InChI is InChI=1S/C20H18ClNO3/c1-2-25-20(24)19(23)11-16(13-7-9-14(21)10-8-13)17-12-22-18-6-4-3-5-15(17)18/h3-10,12,16,22H,2,11H2,1H3/t16-/m1/s1. The molecule has 128 valence electrons. The monoisotopic (exact) mass is 355 g/mol. The van der Waals surface area contributed by atoms with Crippen molar-refractivity contribution in [3.63, 3.8) is 0 Å². The van der Waals surface area contributed by atoms with Crippen LogP contribution in [0.5, 0.6) is 0 Å². The van der Waals surface area contributed by atoms with Crippen LogP contribution in [0.3, 0.4) is 0 Å². The summed E-state index contributed by atoms with van der Waals surface area (Å²) >= 11 is 5.99. The van der Waals surface area contributed by atoms with Crippen LogP contribution < -0.4 is 0 Å². The van der Waals surface area contributed by atoms with Gasteiger partial charge in [0, 0.05) is 34.5 Å². The summed E-state index contributed by atoms with van der Waals surface area (Å²) in [7, 11) is 0. The van der Waals surface area contributed by atoms with Gasteiger partial charge in [-0.05, 0) is 36.2 Å². The van der Waals surface area contributed by atoms with Crippen molar-refractivity contribution < 1.29 is 14.3 Å². The van der Waals surface area contributed by atoms with Crippen LogP contribution in [0, 0.1) is 0 Å². The predicted octanol–water partition coefficient (Wildman–Crippen LogP) is 4.48. The number of carbonyl (C=O) groups excluding carboxylic acids is 2. The van der Waals surface area contributed by atoms with Crippen LogP contribution >= 0.6 is 11.6 Å². The van der Waals surface area contributed by atoms with Crippen LogP contribution in [0.1, 0.15) is 30.4 Å². The zero-order valence-electron chi connectivity index (χ0n) is 13.8. The highest BCUT2D eigenvalue weighted by Gasteiger charge is 2.25. The van der Waals surface area contributed by atoms with Gasteiger partial charge in [-0.2, -0.15) is 0 Å². The number of aromatic nitrogens is 1. The van der Waals surface area contributed by atoms with Gasteiger partial charge in [-0.1, -0.05) is 41.9 Å². The zero-order chi connectivity index (χ0) is 17.8. The summed E-state index contributed by atoms with van der Waals surface area (Å²) in [5.74, 6) is -1.58. The number of hydrogen-bond donors (Lipinski definition) is 1. The smallest absolute Gasteiger partial charge is 0.374 e. The summed E-state index contributed by atoms with van der Waals surface area (Å²) in [6.45, 7) is 1.87. The van der Waals surface area contributed by atoms with E-state index in [1.807, 2.05) is 42.6 Å². The Labute approximate surface area is 150 Å². The molecular formula is C20H18ClNO3. The summed E-state index contributed by atoms with van der Waals surface area (Å²) in [6, 6.07) is 15.2. The van der Waals surface area contributed by atoms with E-state index in [1.54, 1.807) is 19.1 Å². The maximum Gasteiger partial charge on any atom is 0.374 e. The fourth-order valence-corrected chi connectivity index (χ4v) is 3.09. The maximum absolute atomic E-state index is 12.3. The van der Waals surface area contributed by atoms with Gasteiger partial charge in [0.15, 0.2) is 0 Å². The second-order valence-electron chi connectivity index (χ2n) is 5.74. The number of aromatic amines is 1. The van der Waals surface area contributed by atoms with E-state index in [9.17, 15) is 9.59 Å². The van der Waals surface area contributed by atoms with Gasteiger partial charge in [-0.3, -0.25) is 4.79 Å². The average molecular weight is 356 g/mol. The molecule has 1 N–H and O–H groups in total. The van der Waals surface area contributed by atoms with Crippen LogP contribution in [-0.4, -0.2) is 23.3 Å². The summed E-state index contributed by atoms with van der Waals surface area (Å²) in [4.78, 5) is 27.3. The zero-order valence-corrected chi connectivity index (χ0v) is 14.5. The Morgan fingerprint density at radius 2 is 1.84 bits per heavy atom. The molecule has 0 aliphatic heterocycles. The number of halogens is 1. The molecule has 1 aromatic heterocycles. The van der Waals surface area contributed by atoms with Crippen LogP contribution in [0.2, 0.25) is 5.02 Å². The van der Waals surface area contributed by atoms with Crippen molar-refractivity contribution in [2.45, 2.75) is 19.3 Å². The molecule has 0 saturated carbocycles. The second-order valence-corrected chi connectivity index (χ2v) is 6.18. The first kappa shape index (κ1) is 17.2. The predicted molar refractivity (Wildman–Crippen MR) is 97.9 cm³/mol. The highest BCUT2D eigenvalue weighted by atomic mass is 35.5. The summed E-state index contributed by atoms with van der Waals surface area (Å²) < 4.78 is 4.85. The molecule has 0 bridgehead atoms. The van der Waals surface area contributed by atoms with E-state index in [0.717, 1.165) is 22.0 Å². The molecule has 5 heteroatoms. The number of esters is 1. The van der Waals surface area contributed by atoms with Crippen molar-refractivity contribution in [1.82, 2.24) is 4.98 Å². The van der Waals surface area contributed by atoms with E-state index >= 15 is 0 Å². The van der Waals surface area contributed by atoms with Crippen molar-refractivity contribution >= 4 is 34.3 Å². The normalized spacial score (nSPS) is 12.1. The number of ether oxygens (including phenoxy) is 1. The third kappa shape index (κ3) is 3.74. The highest BCUT2D eigenvalue weighted by molar-refractivity contribution is 6.33. The van der Waals surface area contributed by atoms with Gasteiger partial charge in [0.05, 0.1) is 6.61 Å². The highest BCUT2D eigenvalue weighted by Crippen LogP contribution is 2.34. The molecule has 3 rings (SSSR count). The first-order valence-electron chi connectivity index (χ1n) is 8.11. The molecule has 4 nitrogen and oxygen atoms in total. The summed E-state index contributed by atoms with van der Waals surface area (Å²) in [6.07, 6.45) is 1.94. The number of ketones is 1. The van der Waals surface area contributed by atoms with Crippen LogP contribution in [0.25, 0.3) is 10.9 Å². The van der Waals surface area contributed by atoms with Gasteiger partial charge < -0.3 is 9.72 Å². The van der Waals surface area contributed by atoms with Crippen LogP contribution in [0.15, 0.2) is 54.7 Å². The van der Waals surface area contributed by atoms with E-state index < -0.39 is 11.8 Å². The molecule has 0 unspecified atom stereocenters. The average Bonchev–Trinajstić information content (AvgIpc) is 3.04. The van der Waals surface area contributed by atoms with Crippen molar-refractivity contribution in [3.8, 4) is 0 Å². The van der Waals surface area contributed by atoms with Crippen molar-refractivity contribution in [3.05, 3.63) is 70.9 Å². The SMILES string of the molecule is CCOC(=O)C(=O)C[C@H](c1ccc(Cl)cc1)c1c[nH]c2ccccc12. The molecule has 0 amide bonds. The minimum atomic E-state index is -0.790. The van der Waals surface area contributed by atoms with Crippen molar-refractivity contribution in [1.29, 1.82) is 0 Å². The number of nitrogens with one attached hydrogen (secondary N) is 1. The molecule has 0 aliphatic rings. The molecule has 2 aromatic carbocycles. The number of rotatable bonds is 6. The van der Waals surface area contributed by atoms with Crippen molar-refractivity contribution in [2.75, 3.05) is 6.61 Å². The lowest BCUT2D eigenvalue weighted by Gasteiger charge is -2.16. The fraction of sp³-hybridized carbons (Fsp3) is 0.200. The van der Waals surface area contributed by atoms with Gasteiger partial charge in [-0.15, -0.1) is 0 Å². The topological polar surface area (TPSA) is 59.2 Å². The lowest BCUT2D eigenvalue weighted by molar-refractivity contribution is -0.153.